The number of rotatable bonds is 5. The van der Waals surface area contributed by atoms with Gasteiger partial charge in [0, 0.05) is 33.3 Å². The molecule has 0 radical (unpaired) electrons. The molecule has 0 bridgehead atoms. The molecule has 0 unspecified atom stereocenters. The molecule has 0 spiro atoms. The molecular weight excluding hydrogens is 168 g/mol. The predicted octanol–water partition coefficient (Wildman–Crippen LogP) is 0.762. The highest BCUT2D eigenvalue weighted by Crippen LogP contribution is 1.97. The van der Waals surface area contributed by atoms with Gasteiger partial charge < -0.3 is 14.9 Å². The first kappa shape index (κ1) is 12.2. The molecule has 78 valence electrons. The minimum atomic E-state index is 0.0402. The zero-order valence-corrected chi connectivity index (χ0v) is 8.79. The van der Waals surface area contributed by atoms with E-state index in [0.717, 1.165) is 0 Å². The molecular formula is C9H20N2O2. The van der Waals surface area contributed by atoms with Crippen molar-refractivity contribution in [1.82, 2.24) is 9.80 Å². The van der Waals surface area contributed by atoms with Crippen LogP contribution in [0.3, 0.4) is 0 Å². The number of aliphatic hydroxyl groups is 1. The van der Waals surface area contributed by atoms with E-state index in [1.165, 1.54) is 0 Å². The summed E-state index contributed by atoms with van der Waals surface area (Å²) in [5, 5.41) is 8.64. The van der Waals surface area contributed by atoms with E-state index in [4.69, 9.17) is 5.11 Å². The van der Waals surface area contributed by atoms with Gasteiger partial charge in [-0.2, -0.15) is 0 Å². The van der Waals surface area contributed by atoms with Crippen LogP contribution in [0.1, 0.15) is 20.3 Å². The van der Waals surface area contributed by atoms with Crippen LogP contribution in [0, 0.1) is 0 Å². The summed E-state index contributed by atoms with van der Waals surface area (Å²) in [5.74, 6) is 0. The number of hydrogen-bond acceptors (Lipinski definition) is 2. The summed E-state index contributed by atoms with van der Waals surface area (Å²) in [7, 11) is 1.78. The van der Waals surface area contributed by atoms with Crippen LogP contribution >= 0.6 is 0 Å². The molecule has 4 heteroatoms. The van der Waals surface area contributed by atoms with Gasteiger partial charge in [-0.05, 0) is 20.3 Å². The van der Waals surface area contributed by atoms with Gasteiger partial charge in [-0.15, -0.1) is 0 Å². The van der Waals surface area contributed by atoms with Gasteiger partial charge in [-0.3, -0.25) is 0 Å². The van der Waals surface area contributed by atoms with E-state index in [1.54, 1.807) is 16.8 Å². The first-order valence-electron chi connectivity index (χ1n) is 4.78. The Balaban J connectivity index is 3.98. The molecule has 0 saturated carbocycles. The van der Waals surface area contributed by atoms with Gasteiger partial charge in [0.1, 0.15) is 0 Å². The summed E-state index contributed by atoms with van der Waals surface area (Å²) in [5.41, 5.74) is 0. The summed E-state index contributed by atoms with van der Waals surface area (Å²) in [6.45, 7) is 6.07. The molecule has 0 atom stereocenters. The van der Waals surface area contributed by atoms with Crippen molar-refractivity contribution in [2.45, 2.75) is 20.3 Å². The predicted molar refractivity (Wildman–Crippen MR) is 52.6 cm³/mol. The molecule has 0 saturated heterocycles. The van der Waals surface area contributed by atoms with Crippen molar-refractivity contribution < 1.29 is 9.90 Å². The molecule has 13 heavy (non-hydrogen) atoms. The Hall–Kier alpha value is -0.770. The number of urea groups is 1. The van der Waals surface area contributed by atoms with Crippen LogP contribution in [0.5, 0.6) is 0 Å². The third kappa shape index (κ3) is 4.12. The standard InChI is InChI=1S/C9H20N2O2/c1-4-10(3)9(13)11(5-2)7-6-8-12/h12H,4-8H2,1-3H3. The highest BCUT2D eigenvalue weighted by molar-refractivity contribution is 5.74. The lowest BCUT2D eigenvalue weighted by molar-refractivity contribution is 0.161. The number of carbonyl (C=O) groups is 1. The number of aliphatic hydroxyl groups excluding tert-OH is 1. The number of hydrogen-bond donors (Lipinski definition) is 1. The normalized spacial score (nSPS) is 9.85. The van der Waals surface area contributed by atoms with Gasteiger partial charge in [0.25, 0.3) is 0 Å². The van der Waals surface area contributed by atoms with Gasteiger partial charge in [-0.25, -0.2) is 4.79 Å². The van der Waals surface area contributed by atoms with Crippen LogP contribution in [-0.4, -0.2) is 54.2 Å². The monoisotopic (exact) mass is 188 g/mol. The lowest BCUT2D eigenvalue weighted by Crippen LogP contribution is -2.41. The van der Waals surface area contributed by atoms with E-state index >= 15 is 0 Å². The van der Waals surface area contributed by atoms with Crippen molar-refractivity contribution in [1.29, 1.82) is 0 Å². The molecule has 0 fully saturated rings. The molecule has 0 rings (SSSR count). The molecule has 2 amide bonds. The lowest BCUT2D eigenvalue weighted by atomic mass is 10.4. The van der Waals surface area contributed by atoms with Crippen LogP contribution in [0.25, 0.3) is 0 Å². The van der Waals surface area contributed by atoms with E-state index < -0.39 is 0 Å². The summed E-state index contributed by atoms with van der Waals surface area (Å²) < 4.78 is 0. The maximum Gasteiger partial charge on any atom is 0.319 e. The first-order chi connectivity index (χ1) is 6.17. The quantitative estimate of drug-likeness (QED) is 0.692. The molecule has 1 N–H and O–H groups in total. The average Bonchev–Trinajstić information content (AvgIpc) is 2.17. The second-order valence-corrected chi connectivity index (χ2v) is 2.95. The Morgan fingerprint density at radius 1 is 1.31 bits per heavy atom. The fraction of sp³-hybridized carbons (Fsp3) is 0.889. The Morgan fingerprint density at radius 2 is 1.92 bits per heavy atom. The van der Waals surface area contributed by atoms with E-state index in [1.807, 2.05) is 13.8 Å². The average molecular weight is 188 g/mol. The van der Waals surface area contributed by atoms with Crippen LogP contribution in [-0.2, 0) is 0 Å². The highest BCUT2D eigenvalue weighted by atomic mass is 16.3. The fourth-order valence-corrected chi connectivity index (χ4v) is 1.03. The summed E-state index contributed by atoms with van der Waals surface area (Å²) in [6, 6.07) is 0.0402. The molecule has 0 aromatic carbocycles. The number of carbonyl (C=O) groups excluding carboxylic acids is 1. The molecule has 0 aliphatic rings. The third-order valence-electron chi connectivity index (χ3n) is 2.04. The van der Waals surface area contributed by atoms with Gasteiger partial charge >= 0.3 is 6.03 Å². The summed E-state index contributed by atoms with van der Waals surface area (Å²) >= 11 is 0. The van der Waals surface area contributed by atoms with E-state index in [9.17, 15) is 4.79 Å². The molecule has 4 nitrogen and oxygen atoms in total. The Morgan fingerprint density at radius 3 is 2.31 bits per heavy atom. The van der Waals surface area contributed by atoms with Crippen LogP contribution in [0.2, 0.25) is 0 Å². The van der Waals surface area contributed by atoms with Gasteiger partial charge in [0.2, 0.25) is 0 Å². The maximum absolute atomic E-state index is 11.6. The van der Waals surface area contributed by atoms with Crippen molar-refractivity contribution in [3.05, 3.63) is 0 Å². The minimum absolute atomic E-state index is 0.0402. The van der Waals surface area contributed by atoms with E-state index in [2.05, 4.69) is 0 Å². The highest BCUT2D eigenvalue weighted by Gasteiger charge is 2.13. The fourth-order valence-electron chi connectivity index (χ4n) is 1.03. The molecule has 0 aromatic heterocycles. The van der Waals surface area contributed by atoms with Crippen molar-refractivity contribution >= 4 is 6.03 Å². The topological polar surface area (TPSA) is 43.8 Å². The van der Waals surface area contributed by atoms with Crippen molar-refractivity contribution in [2.75, 3.05) is 33.3 Å². The van der Waals surface area contributed by atoms with Crippen molar-refractivity contribution in [2.24, 2.45) is 0 Å². The molecule has 0 aliphatic carbocycles. The SMILES string of the molecule is CCN(C)C(=O)N(CC)CCCO. The molecule has 0 heterocycles. The number of amides is 2. The molecule has 0 aliphatic heterocycles. The van der Waals surface area contributed by atoms with Gasteiger partial charge in [0.05, 0.1) is 0 Å². The maximum atomic E-state index is 11.6. The largest absolute Gasteiger partial charge is 0.396 e. The number of nitrogens with zero attached hydrogens (tertiary/aromatic N) is 2. The Kier molecular flexibility index (Phi) is 6.32. The molecule has 0 aromatic rings. The van der Waals surface area contributed by atoms with E-state index in [-0.39, 0.29) is 12.6 Å². The zero-order chi connectivity index (χ0) is 10.3. The first-order valence-corrected chi connectivity index (χ1v) is 4.78. The van der Waals surface area contributed by atoms with Crippen molar-refractivity contribution in [3.63, 3.8) is 0 Å². The van der Waals surface area contributed by atoms with Crippen LogP contribution in [0.4, 0.5) is 4.79 Å². The minimum Gasteiger partial charge on any atom is -0.396 e. The Labute approximate surface area is 80.1 Å². The van der Waals surface area contributed by atoms with E-state index in [0.29, 0.717) is 26.1 Å². The second kappa shape index (κ2) is 6.71. The summed E-state index contributed by atoms with van der Waals surface area (Å²) in [4.78, 5) is 15.0. The Bertz CT molecular complexity index is 151. The van der Waals surface area contributed by atoms with Gasteiger partial charge in [0.15, 0.2) is 0 Å². The van der Waals surface area contributed by atoms with Crippen LogP contribution in [0.15, 0.2) is 0 Å². The van der Waals surface area contributed by atoms with Gasteiger partial charge in [-0.1, -0.05) is 0 Å². The summed E-state index contributed by atoms with van der Waals surface area (Å²) in [6.07, 6.45) is 0.650. The lowest BCUT2D eigenvalue weighted by Gasteiger charge is -2.26. The zero-order valence-electron chi connectivity index (χ0n) is 8.79. The van der Waals surface area contributed by atoms with Crippen LogP contribution < -0.4 is 0 Å². The second-order valence-electron chi connectivity index (χ2n) is 2.95. The van der Waals surface area contributed by atoms with Crippen molar-refractivity contribution in [3.8, 4) is 0 Å². The third-order valence-corrected chi connectivity index (χ3v) is 2.04. The smallest absolute Gasteiger partial charge is 0.319 e.